The molecule has 0 saturated carbocycles. The number of nitrogens with one attached hydrogen (secondary N) is 9. The van der Waals surface area contributed by atoms with Crippen molar-refractivity contribution in [3.05, 3.63) is 54.1 Å². The second-order valence-electron chi connectivity index (χ2n) is 16.3. The summed E-state index contributed by atoms with van der Waals surface area (Å²) in [5.41, 5.74) is 12.6. The summed E-state index contributed by atoms with van der Waals surface area (Å²) in [6, 6.07) is -2.05. The van der Waals surface area contributed by atoms with Crippen LogP contribution in [0.3, 0.4) is 0 Å². The lowest BCUT2D eigenvalue weighted by atomic mass is 10.0. The van der Waals surface area contributed by atoms with E-state index in [4.69, 9.17) is 21.4 Å². The highest BCUT2D eigenvalue weighted by atomic mass is 32.1. The molecular weight excluding hydrogens is 941 g/mol. The smallest absolute Gasteiger partial charge is 0.326 e. The van der Waals surface area contributed by atoms with E-state index in [1.165, 1.54) is 19.4 Å². The van der Waals surface area contributed by atoms with Crippen LogP contribution in [-0.2, 0) is 60.8 Å². The summed E-state index contributed by atoms with van der Waals surface area (Å²) in [6.45, 7) is 3.67. The molecule has 2 aromatic rings. The number of carbonyl (C=O) groups is 10. The number of H-pyrrole nitrogens is 1. The Morgan fingerprint density at radius 2 is 1.19 bits per heavy atom. The largest absolute Gasteiger partial charge is 0.481 e. The summed E-state index contributed by atoms with van der Waals surface area (Å²) >= 11 is 4.10. The third-order valence-electron chi connectivity index (χ3n) is 9.80. The van der Waals surface area contributed by atoms with E-state index in [1.54, 1.807) is 44.2 Å². The fraction of sp³-hybridized carbons (Fsp3) is 0.558. The molecule has 0 aliphatic carbocycles. The molecule has 27 heteroatoms. The molecule has 17 N–H and O–H groups in total. The van der Waals surface area contributed by atoms with Crippen LogP contribution in [0, 0.1) is 5.92 Å². The van der Waals surface area contributed by atoms with E-state index in [0.29, 0.717) is 37.1 Å². The highest BCUT2D eigenvalue weighted by Gasteiger charge is 2.32. The summed E-state index contributed by atoms with van der Waals surface area (Å²) in [6.07, 6.45) is 4.28. The van der Waals surface area contributed by atoms with Crippen molar-refractivity contribution in [1.82, 2.24) is 52.5 Å². The van der Waals surface area contributed by atoms with Crippen molar-refractivity contribution in [2.75, 3.05) is 32.1 Å². The number of hydrogen-bond acceptors (Lipinski definition) is 16. The first-order valence-corrected chi connectivity index (χ1v) is 22.8. The van der Waals surface area contributed by atoms with Crippen molar-refractivity contribution in [3.63, 3.8) is 0 Å². The number of aliphatic carboxylic acids is 2. The fourth-order valence-electron chi connectivity index (χ4n) is 6.11. The Morgan fingerprint density at radius 1 is 0.671 bits per heavy atom. The number of aliphatic hydroxyl groups is 2. The first kappa shape index (κ1) is 61.3. The van der Waals surface area contributed by atoms with Gasteiger partial charge in [0, 0.05) is 37.4 Å². The Bertz CT molecular complexity index is 2010. The van der Waals surface area contributed by atoms with Gasteiger partial charge in [0.05, 0.1) is 32.1 Å². The predicted octanol–water partition coefficient (Wildman–Crippen LogP) is -4.68. The van der Waals surface area contributed by atoms with Crippen LogP contribution < -0.4 is 54.0 Å². The number of carbonyl (C=O) groups excluding carboxylic acids is 8. The number of nitrogens with two attached hydrogens (primary N) is 2. The van der Waals surface area contributed by atoms with Gasteiger partial charge in [-0.1, -0.05) is 50.6 Å². The third-order valence-corrected chi connectivity index (χ3v) is 10.2. The van der Waals surface area contributed by atoms with Crippen molar-refractivity contribution >= 4 is 71.8 Å². The molecule has 0 bridgehead atoms. The molecule has 1 aromatic carbocycles. The molecule has 0 aliphatic heterocycles. The van der Waals surface area contributed by atoms with Crippen LogP contribution in [0.15, 0.2) is 42.9 Å². The molecule has 1 heterocycles. The Kier molecular flexibility index (Phi) is 28.9. The summed E-state index contributed by atoms with van der Waals surface area (Å²) in [7, 11) is 0. The zero-order chi connectivity index (χ0) is 52.9. The number of aliphatic hydroxyl groups excluding tert-OH is 2. The number of aromatic amines is 1. The number of imidazole rings is 1. The van der Waals surface area contributed by atoms with Gasteiger partial charge in [0.25, 0.3) is 5.97 Å². The molecule has 26 nitrogen and oxygen atoms in total. The standard InChI is InChI=1S/C41H64N12O12S.C2H4O2/c1-22(2)13-29(41(64)65)51-37(60)27(14-24-9-5-4-6-10-24)49-34(57)23(3)47-40(63)32(20-66)48-33(56)17-45-36(59)30(18-54)52-39(62)31(19-55)53-38(61)28(15-25-16-44-21-46-25)50-35(58)26(43)11-7-8-12-42;1-2(3)4/h4-6,9-10,16,21-23,26-32,54-55,66H,7-8,11-15,17-20,42-43H2,1-3H3,(H,44,46)(H,45,59)(H,47,63)(H,48,56)(H,49,57)(H,50,58)(H,51,60)(H,52,62)(H,53,61)(H,64,65);1H3,(H,3,4)/t23-,26-,27-,28-,29-,30-,31-,32-;/m0./s1. The van der Waals surface area contributed by atoms with Gasteiger partial charge in [-0.15, -0.1) is 0 Å². The van der Waals surface area contributed by atoms with Gasteiger partial charge in [0.2, 0.25) is 47.3 Å². The van der Waals surface area contributed by atoms with Crippen LogP contribution in [0.25, 0.3) is 0 Å². The molecule has 8 atom stereocenters. The first-order chi connectivity index (χ1) is 33.1. The zero-order valence-corrected chi connectivity index (χ0v) is 40.3. The van der Waals surface area contributed by atoms with Gasteiger partial charge >= 0.3 is 5.97 Å². The van der Waals surface area contributed by atoms with Crippen molar-refractivity contribution in [2.45, 2.75) is 115 Å². The van der Waals surface area contributed by atoms with Crippen LogP contribution in [0.5, 0.6) is 0 Å². The minimum Gasteiger partial charge on any atom is -0.481 e. The van der Waals surface area contributed by atoms with E-state index >= 15 is 0 Å². The maximum Gasteiger partial charge on any atom is 0.326 e. The Hall–Kier alpha value is -6.68. The van der Waals surface area contributed by atoms with Gasteiger partial charge in [-0.3, -0.25) is 43.2 Å². The van der Waals surface area contributed by atoms with E-state index in [0.717, 1.165) is 6.92 Å². The van der Waals surface area contributed by atoms with Crippen molar-refractivity contribution in [3.8, 4) is 0 Å². The first-order valence-electron chi connectivity index (χ1n) is 22.2. The molecule has 0 spiro atoms. The van der Waals surface area contributed by atoms with E-state index in [-0.39, 0.29) is 30.9 Å². The molecule has 0 fully saturated rings. The Balaban J connectivity index is 0.00000588. The summed E-state index contributed by atoms with van der Waals surface area (Å²) in [5.74, 6) is -9.50. The average Bonchev–Trinajstić information content (AvgIpc) is 3.83. The number of hydrogen-bond donors (Lipinski definition) is 16. The molecule has 70 heavy (non-hydrogen) atoms. The van der Waals surface area contributed by atoms with E-state index in [1.807, 2.05) is 0 Å². The van der Waals surface area contributed by atoms with Crippen LogP contribution in [0.1, 0.15) is 64.6 Å². The summed E-state index contributed by atoms with van der Waals surface area (Å²) in [4.78, 5) is 132. The number of rotatable bonds is 30. The second kappa shape index (κ2) is 33.0. The van der Waals surface area contributed by atoms with Gasteiger partial charge in [0.15, 0.2) is 0 Å². The Morgan fingerprint density at radius 3 is 1.70 bits per heavy atom. The molecule has 0 aliphatic rings. The van der Waals surface area contributed by atoms with Gasteiger partial charge in [-0.2, -0.15) is 12.6 Å². The summed E-state index contributed by atoms with van der Waals surface area (Å²) in [5, 5.41) is 55.9. The minimum atomic E-state index is -1.69. The van der Waals surface area contributed by atoms with Crippen molar-refractivity contribution < 1.29 is 68.4 Å². The quantitative estimate of drug-likeness (QED) is 0.0258. The lowest BCUT2D eigenvalue weighted by Gasteiger charge is -2.25. The molecule has 1 aromatic heterocycles. The van der Waals surface area contributed by atoms with Crippen LogP contribution in [0.2, 0.25) is 0 Å². The highest BCUT2D eigenvalue weighted by molar-refractivity contribution is 7.80. The molecule has 390 valence electrons. The number of unbranched alkanes of at least 4 members (excludes halogenated alkanes) is 1. The van der Waals surface area contributed by atoms with E-state index in [9.17, 15) is 58.5 Å². The minimum absolute atomic E-state index is 0.00509. The van der Waals surface area contributed by atoms with Gasteiger partial charge in [-0.25, -0.2) is 9.78 Å². The number of aromatic nitrogens is 2. The van der Waals surface area contributed by atoms with Gasteiger partial charge in [-0.05, 0) is 44.2 Å². The normalized spacial score (nSPS) is 14.2. The number of carboxylic acids is 2. The van der Waals surface area contributed by atoms with Crippen LogP contribution in [0.4, 0.5) is 0 Å². The SMILES string of the molecule is CC(=O)O.CC(C)C[C@H](NC(=O)[C@H](Cc1ccccc1)NC(=O)[C@H](C)NC(=O)[C@H](CS)NC(=O)CNC(=O)[C@H](CO)NC(=O)[C@H](CO)NC(=O)[C@H](Cc1cnc[nH]1)NC(=O)[C@@H](N)CCCCN)C(=O)O. The molecular formula is C43H68N12O14S. The zero-order valence-electron chi connectivity index (χ0n) is 39.4. The fourth-order valence-corrected chi connectivity index (χ4v) is 6.36. The number of amides is 8. The summed E-state index contributed by atoms with van der Waals surface area (Å²) < 4.78 is 0. The monoisotopic (exact) mass is 1010 g/mol. The van der Waals surface area contributed by atoms with Crippen LogP contribution in [-0.4, -0.2) is 170 Å². The maximum absolute atomic E-state index is 13.3. The average molecular weight is 1010 g/mol. The van der Waals surface area contributed by atoms with E-state index in [2.05, 4.69) is 65.1 Å². The molecule has 0 unspecified atom stereocenters. The number of nitrogens with zero attached hydrogens (tertiary/aromatic N) is 1. The van der Waals surface area contributed by atoms with Crippen molar-refractivity contribution in [1.29, 1.82) is 0 Å². The number of thiol groups is 1. The topological polar surface area (TPSA) is 429 Å². The molecule has 0 saturated heterocycles. The maximum atomic E-state index is 13.3. The lowest BCUT2D eigenvalue weighted by Crippen LogP contribution is -2.60. The van der Waals surface area contributed by atoms with Gasteiger partial charge in [0.1, 0.15) is 42.3 Å². The molecule has 0 radical (unpaired) electrons. The highest BCUT2D eigenvalue weighted by Crippen LogP contribution is 2.09. The predicted molar refractivity (Wildman–Crippen MR) is 254 cm³/mol. The number of carboxylic acid groups (broad SMARTS) is 2. The molecule has 8 amide bonds. The second-order valence-corrected chi connectivity index (χ2v) is 16.6. The number of benzene rings is 1. The van der Waals surface area contributed by atoms with Crippen LogP contribution >= 0.6 is 12.6 Å². The third kappa shape index (κ3) is 24.0. The Labute approximate surface area is 409 Å². The van der Waals surface area contributed by atoms with Crippen molar-refractivity contribution in [2.24, 2.45) is 17.4 Å². The van der Waals surface area contributed by atoms with E-state index < -0.39 is 127 Å². The van der Waals surface area contributed by atoms with Gasteiger partial charge < -0.3 is 79.4 Å². The molecule has 2 rings (SSSR count). The lowest BCUT2D eigenvalue weighted by molar-refractivity contribution is -0.142.